The molecule has 0 aliphatic carbocycles. The molecule has 2 aromatic rings. The van der Waals surface area contributed by atoms with E-state index in [1.54, 1.807) is 12.1 Å². The minimum Gasteiger partial charge on any atom is -0.627 e. The molecule has 0 amide bonds. The van der Waals surface area contributed by atoms with Crippen LogP contribution in [0.4, 0.5) is 5.69 Å². The Morgan fingerprint density at radius 2 is 1.89 bits per heavy atom. The molecule has 4 rings (SSSR count). The third-order valence-electron chi connectivity index (χ3n) is 5.10. The fourth-order valence-corrected chi connectivity index (χ4v) is 3.74. The molecule has 2 saturated heterocycles. The molecule has 2 aliphatic rings. The normalized spacial score (nSPS) is 21.2. The van der Waals surface area contributed by atoms with E-state index in [-0.39, 0.29) is 17.9 Å². The number of esters is 2. The van der Waals surface area contributed by atoms with Gasteiger partial charge in [0.15, 0.2) is 6.61 Å². The van der Waals surface area contributed by atoms with Crippen molar-refractivity contribution in [3.8, 4) is 5.75 Å². The second-order valence-corrected chi connectivity index (χ2v) is 6.90. The number of nitrogens with zero attached hydrogens (tertiary/aromatic N) is 1. The van der Waals surface area contributed by atoms with Crippen molar-refractivity contribution in [2.45, 2.75) is 25.4 Å². The van der Waals surface area contributed by atoms with E-state index < -0.39 is 18.0 Å². The molecule has 0 aromatic heterocycles. The number of benzene rings is 2. The number of cyclic esters (lactones) is 1. The van der Waals surface area contributed by atoms with Gasteiger partial charge in [-0.1, -0.05) is 18.2 Å². The summed E-state index contributed by atoms with van der Waals surface area (Å²) < 4.78 is 15.2. The third-order valence-corrected chi connectivity index (χ3v) is 5.10. The Bertz CT molecular complexity index is 874. The van der Waals surface area contributed by atoms with E-state index in [0.29, 0.717) is 25.3 Å². The van der Waals surface area contributed by atoms with Crippen LogP contribution in [0.2, 0.25) is 0 Å². The molecule has 0 bridgehead atoms. The van der Waals surface area contributed by atoms with Crippen molar-refractivity contribution < 1.29 is 23.8 Å². The highest BCUT2D eigenvalue weighted by Crippen LogP contribution is 2.38. The number of hydrogen-bond donors (Lipinski definition) is 0. The first-order chi connectivity index (χ1) is 13.1. The van der Waals surface area contributed by atoms with Gasteiger partial charge in [0, 0.05) is 36.1 Å². The zero-order chi connectivity index (χ0) is 18.9. The van der Waals surface area contributed by atoms with Crippen LogP contribution in [0.25, 0.3) is 10.8 Å². The summed E-state index contributed by atoms with van der Waals surface area (Å²) in [7, 11) is 0. The van der Waals surface area contributed by atoms with Crippen molar-refractivity contribution in [3.05, 3.63) is 41.6 Å². The van der Waals surface area contributed by atoms with E-state index in [9.17, 15) is 14.8 Å². The number of carbonyl (C=O) groups excluding carboxylic acids is 2. The Morgan fingerprint density at radius 3 is 2.59 bits per heavy atom. The van der Waals surface area contributed by atoms with E-state index >= 15 is 0 Å². The van der Waals surface area contributed by atoms with Gasteiger partial charge in [-0.15, -0.1) is 0 Å². The fourth-order valence-electron chi connectivity index (χ4n) is 3.74. The topological polar surface area (TPSA) is 84.9 Å². The van der Waals surface area contributed by atoms with Crippen LogP contribution in [0.1, 0.15) is 19.3 Å². The van der Waals surface area contributed by atoms with Gasteiger partial charge in [0.1, 0.15) is 11.4 Å². The van der Waals surface area contributed by atoms with Crippen molar-refractivity contribution in [3.63, 3.8) is 0 Å². The Balaban J connectivity index is 1.53. The third kappa shape index (κ3) is 3.48. The number of rotatable bonds is 5. The molecule has 1 atom stereocenters. The molecule has 7 nitrogen and oxygen atoms in total. The molecular formula is C20H21NO6. The van der Waals surface area contributed by atoms with Gasteiger partial charge in [0.2, 0.25) is 6.10 Å². The van der Waals surface area contributed by atoms with Gasteiger partial charge in [0.25, 0.3) is 0 Å². The monoisotopic (exact) mass is 371 g/mol. The summed E-state index contributed by atoms with van der Waals surface area (Å²) in [5.74, 6) is -0.641. The lowest BCUT2D eigenvalue weighted by molar-refractivity contribution is -0.161. The van der Waals surface area contributed by atoms with Gasteiger partial charge in [-0.2, -0.15) is 0 Å². The van der Waals surface area contributed by atoms with Crippen molar-refractivity contribution in [2.75, 3.05) is 26.3 Å². The lowest BCUT2D eigenvalue weighted by Crippen LogP contribution is -2.39. The first-order valence-corrected chi connectivity index (χ1v) is 9.16. The van der Waals surface area contributed by atoms with Crippen LogP contribution < -0.4 is 9.38 Å². The van der Waals surface area contributed by atoms with E-state index in [2.05, 4.69) is 0 Å². The zero-order valence-corrected chi connectivity index (χ0v) is 14.9. The standard InChI is InChI=1S/C20H21NO6/c22-19(27-18-9-12-25-20(18)23)13-26-17-8-7-16(21(24)10-3-4-11-21)14-5-1-2-6-15(14)17/h1-2,5-8,18H,3-4,9-13H2. The average Bonchev–Trinajstić information content (AvgIpc) is 3.29. The lowest BCUT2D eigenvalue weighted by Gasteiger charge is -2.38. The summed E-state index contributed by atoms with van der Waals surface area (Å²) in [5.41, 5.74) is 0.728. The molecule has 142 valence electrons. The van der Waals surface area contributed by atoms with Crippen molar-refractivity contribution >= 4 is 28.4 Å². The first kappa shape index (κ1) is 17.8. The van der Waals surface area contributed by atoms with Crippen molar-refractivity contribution in [1.29, 1.82) is 0 Å². The number of ether oxygens (including phenoxy) is 3. The van der Waals surface area contributed by atoms with Crippen LogP contribution in [0, 0.1) is 5.21 Å². The number of quaternary nitrogens is 1. The summed E-state index contributed by atoms with van der Waals surface area (Å²) in [6, 6.07) is 11.0. The lowest BCUT2D eigenvalue weighted by atomic mass is 10.1. The number of fused-ring (bicyclic) bond motifs is 1. The summed E-state index contributed by atoms with van der Waals surface area (Å²) in [6.07, 6.45) is 1.36. The molecule has 2 heterocycles. The molecule has 0 spiro atoms. The van der Waals surface area contributed by atoms with E-state index in [1.807, 2.05) is 24.3 Å². The van der Waals surface area contributed by atoms with Crippen LogP contribution in [-0.2, 0) is 19.1 Å². The average molecular weight is 371 g/mol. The fraction of sp³-hybridized carbons (Fsp3) is 0.400. The highest BCUT2D eigenvalue weighted by atomic mass is 16.6. The highest BCUT2D eigenvalue weighted by molar-refractivity contribution is 5.98. The Kier molecular flexibility index (Phi) is 4.72. The smallest absolute Gasteiger partial charge is 0.347 e. The van der Waals surface area contributed by atoms with Crippen LogP contribution in [0.15, 0.2) is 36.4 Å². The van der Waals surface area contributed by atoms with Gasteiger partial charge in [0.05, 0.1) is 19.7 Å². The minimum absolute atomic E-state index is 0.263. The SMILES string of the molecule is O=C(COc1ccc([N+]2([O-])CCCC2)c2ccccc12)OC1CCOC1=O. The highest BCUT2D eigenvalue weighted by Gasteiger charge is 2.31. The first-order valence-electron chi connectivity index (χ1n) is 9.16. The maximum Gasteiger partial charge on any atom is 0.347 e. The van der Waals surface area contributed by atoms with Gasteiger partial charge in [-0.05, 0) is 12.1 Å². The van der Waals surface area contributed by atoms with Crippen LogP contribution in [0.5, 0.6) is 5.75 Å². The predicted molar refractivity (Wildman–Crippen MR) is 99.0 cm³/mol. The molecule has 0 N–H and O–H groups in total. The number of hydroxylamine groups is 2. The van der Waals surface area contributed by atoms with Crippen LogP contribution in [0.3, 0.4) is 0 Å². The summed E-state index contributed by atoms with van der Waals surface area (Å²) in [6.45, 7) is 1.10. The van der Waals surface area contributed by atoms with Gasteiger partial charge in [-0.3, -0.25) is 0 Å². The summed E-state index contributed by atoms with van der Waals surface area (Å²) in [5, 5.41) is 14.7. The molecule has 0 saturated carbocycles. The van der Waals surface area contributed by atoms with Gasteiger partial charge in [-0.25, -0.2) is 9.59 Å². The summed E-state index contributed by atoms with van der Waals surface area (Å²) >= 11 is 0. The number of carbonyl (C=O) groups is 2. The predicted octanol–water partition coefficient (Wildman–Crippen LogP) is 2.68. The molecule has 2 fully saturated rings. The molecule has 27 heavy (non-hydrogen) atoms. The second kappa shape index (κ2) is 7.17. The maximum atomic E-state index is 13.1. The second-order valence-electron chi connectivity index (χ2n) is 6.90. The molecular weight excluding hydrogens is 350 g/mol. The largest absolute Gasteiger partial charge is 0.627 e. The maximum absolute atomic E-state index is 13.1. The Hall–Kier alpha value is -2.64. The molecule has 0 radical (unpaired) electrons. The molecule has 1 unspecified atom stereocenters. The summed E-state index contributed by atoms with van der Waals surface area (Å²) in [4.78, 5) is 23.4. The quantitative estimate of drug-likeness (QED) is 0.456. The van der Waals surface area contributed by atoms with Crippen molar-refractivity contribution in [2.24, 2.45) is 0 Å². The Morgan fingerprint density at radius 1 is 1.15 bits per heavy atom. The van der Waals surface area contributed by atoms with Gasteiger partial charge >= 0.3 is 11.9 Å². The van der Waals surface area contributed by atoms with Gasteiger partial charge < -0.3 is 24.1 Å². The molecule has 2 aliphatic heterocycles. The van der Waals surface area contributed by atoms with E-state index in [4.69, 9.17) is 14.2 Å². The zero-order valence-electron chi connectivity index (χ0n) is 14.9. The minimum atomic E-state index is -0.847. The molecule has 2 aromatic carbocycles. The van der Waals surface area contributed by atoms with E-state index in [0.717, 1.165) is 29.3 Å². The molecule has 7 heteroatoms. The van der Waals surface area contributed by atoms with Crippen LogP contribution >= 0.6 is 0 Å². The van der Waals surface area contributed by atoms with Crippen molar-refractivity contribution in [1.82, 2.24) is 4.65 Å². The Labute approximate surface area is 156 Å². The van der Waals surface area contributed by atoms with E-state index in [1.165, 1.54) is 0 Å². The number of hydrogen-bond acceptors (Lipinski definition) is 6. The van der Waals surface area contributed by atoms with Crippen LogP contribution in [-0.4, -0.2) is 44.3 Å².